The van der Waals surface area contributed by atoms with Crippen molar-refractivity contribution >= 4 is 58.4 Å². The first-order chi connectivity index (χ1) is 13.0. The summed E-state index contributed by atoms with van der Waals surface area (Å²) in [5.41, 5.74) is 2.94. The summed E-state index contributed by atoms with van der Waals surface area (Å²) in [5, 5.41) is 4.44. The van der Waals surface area contributed by atoms with Gasteiger partial charge >= 0.3 is 5.97 Å². The highest BCUT2D eigenvalue weighted by Crippen LogP contribution is 2.17. The molecule has 1 heterocycles. The monoisotopic (exact) mass is 424 g/mol. The zero-order valence-electron chi connectivity index (χ0n) is 14.6. The molecule has 0 radical (unpaired) electrons. The van der Waals surface area contributed by atoms with Crippen LogP contribution in [0, 0.1) is 3.14 Å². The Balaban J connectivity index is 1.50. The van der Waals surface area contributed by atoms with E-state index in [0.717, 1.165) is 36.3 Å². The lowest BCUT2D eigenvalue weighted by atomic mass is 10.1. The van der Waals surface area contributed by atoms with E-state index in [1.165, 1.54) is 11.3 Å². The molecule has 0 fully saturated rings. The molecule has 1 aromatic carbocycles. The van der Waals surface area contributed by atoms with Gasteiger partial charge in [0.15, 0.2) is 0 Å². The Labute approximate surface area is 170 Å². The van der Waals surface area contributed by atoms with Crippen LogP contribution in [0.25, 0.3) is 0 Å². The van der Waals surface area contributed by atoms with Gasteiger partial charge in [-0.05, 0) is 25.0 Å². The molecule has 2 amide bonds. The third-order valence-corrected chi connectivity index (χ3v) is 5.97. The maximum atomic E-state index is 11.8. The van der Waals surface area contributed by atoms with Gasteiger partial charge in [0.2, 0.25) is 5.91 Å². The number of hydrogen-bond acceptors (Lipinski definition) is 7. The van der Waals surface area contributed by atoms with Crippen molar-refractivity contribution in [3.05, 3.63) is 43.7 Å². The van der Waals surface area contributed by atoms with Crippen LogP contribution in [0.4, 0.5) is 5.69 Å². The standard InChI is InChI=1S/C18H20N2O4S3/c21-15(19-13-8-4-3-5-9-13)10-6-1-2-7-11-16(22)20-24-17(23)14-12-26-18(25)27-14/h3-5,8-9,12H,1-2,6-7,10-11H2,(H,19,21)(H,20,22). The first-order valence-corrected chi connectivity index (χ1v) is 10.6. The van der Waals surface area contributed by atoms with E-state index in [1.807, 2.05) is 30.3 Å². The molecule has 0 atom stereocenters. The molecule has 0 bridgehead atoms. The summed E-state index contributed by atoms with van der Waals surface area (Å²) in [6.45, 7) is 0. The van der Waals surface area contributed by atoms with Crippen molar-refractivity contribution < 1.29 is 19.2 Å². The van der Waals surface area contributed by atoms with Crippen molar-refractivity contribution in [3.63, 3.8) is 0 Å². The Hall–Kier alpha value is -2.10. The molecule has 6 nitrogen and oxygen atoms in total. The van der Waals surface area contributed by atoms with Crippen molar-refractivity contribution in [3.8, 4) is 0 Å². The van der Waals surface area contributed by atoms with Gasteiger partial charge in [0.05, 0.1) is 0 Å². The number of hydroxylamine groups is 1. The van der Waals surface area contributed by atoms with Crippen LogP contribution in [0.2, 0.25) is 0 Å². The Kier molecular flexibility index (Phi) is 9.09. The van der Waals surface area contributed by atoms with Crippen LogP contribution >= 0.6 is 34.9 Å². The van der Waals surface area contributed by atoms with Gasteiger partial charge in [-0.15, -0.1) is 22.7 Å². The molecule has 0 aliphatic heterocycles. The highest BCUT2D eigenvalue weighted by atomic mass is 32.2. The number of unbranched alkanes of at least 4 members (excludes halogenated alkanes) is 3. The normalized spacial score (nSPS) is 10.2. The van der Waals surface area contributed by atoms with Crippen LogP contribution in [0.5, 0.6) is 0 Å². The van der Waals surface area contributed by atoms with Gasteiger partial charge in [0, 0.05) is 23.9 Å². The van der Waals surface area contributed by atoms with E-state index in [9.17, 15) is 14.4 Å². The molecule has 27 heavy (non-hydrogen) atoms. The lowest BCUT2D eigenvalue weighted by molar-refractivity contribution is -0.130. The first kappa shape index (κ1) is 21.2. The summed E-state index contributed by atoms with van der Waals surface area (Å²) in [5.74, 6) is -0.961. The summed E-state index contributed by atoms with van der Waals surface area (Å²) in [4.78, 5) is 40.2. The lowest BCUT2D eigenvalue weighted by Crippen LogP contribution is -2.26. The van der Waals surface area contributed by atoms with E-state index >= 15 is 0 Å². The van der Waals surface area contributed by atoms with Crippen LogP contribution in [0.3, 0.4) is 0 Å². The topological polar surface area (TPSA) is 84.5 Å². The summed E-state index contributed by atoms with van der Waals surface area (Å²) >= 11 is 7.38. The number of carbonyl (C=O) groups is 3. The van der Waals surface area contributed by atoms with Gasteiger partial charge in [-0.2, -0.15) is 5.48 Å². The maximum absolute atomic E-state index is 11.8. The molecule has 0 saturated carbocycles. The third-order valence-electron chi connectivity index (χ3n) is 3.53. The second kappa shape index (κ2) is 11.6. The van der Waals surface area contributed by atoms with Crippen molar-refractivity contribution in [1.29, 1.82) is 0 Å². The number of carbonyl (C=O) groups excluding carboxylic acids is 3. The smallest absolute Gasteiger partial charge is 0.334 e. The molecular formula is C18H20N2O4S3. The molecule has 0 aliphatic carbocycles. The summed E-state index contributed by atoms with van der Waals surface area (Å²) in [6.07, 6.45) is 3.83. The molecule has 2 N–H and O–H groups in total. The Morgan fingerprint density at radius 1 is 0.963 bits per heavy atom. The van der Waals surface area contributed by atoms with Gasteiger partial charge in [-0.1, -0.05) is 43.3 Å². The van der Waals surface area contributed by atoms with E-state index in [4.69, 9.17) is 17.1 Å². The van der Waals surface area contributed by atoms with Gasteiger partial charge in [0.1, 0.15) is 8.01 Å². The highest BCUT2D eigenvalue weighted by Gasteiger charge is 2.11. The van der Waals surface area contributed by atoms with Crippen molar-refractivity contribution in [1.82, 2.24) is 5.48 Å². The van der Waals surface area contributed by atoms with Gasteiger partial charge in [-0.25, -0.2) is 4.79 Å². The zero-order valence-corrected chi connectivity index (χ0v) is 17.0. The molecule has 0 saturated heterocycles. The van der Waals surface area contributed by atoms with E-state index in [0.29, 0.717) is 20.9 Å². The number of rotatable bonds is 9. The fraction of sp³-hybridized carbons (Fsp3) is 0.333. The second-order valence-electron chi connectivity index (χ2n) is 5.70. The predicted octanol–water partition coefficient (Wildman–Crippen LogP) is 4.71. The third kappa shape index (κ3) is 8.42. The van der Waals surface area contributed by atoms with E-state index in [-0.39, 0.29) is 18.2 Å². The van der Waals surface area contributed by atoms with E-state index < -0.39 is 5.97 Å². The second-order valence-corrected chi connectivity index (χ2v) is 8.81. The van der Waals surface area contributed by atoms with Crippen LogP contribution in [-0.4, -0.2) is 17.8 Å². The first-order valence-electron chi connectivity index (χ1n) is 8.48. The average Bonchev–Trinajstić information content (AvgIpc) is 3.10. The molecular weight excluding hydrogens is 404 g/mol. The molecule has 1 aromatic heterocycles. The molecule has 144 valence electrons. The number of amides is 2. The zero-order chi connectivity index (χ0) is 19.5. The summed E-state index contributed by atoms with van der Waals surface area (Å²) in [7, 11) is 0. The van der Waals surface area contributed by atoms with Crippen LogP contribution < -0.4 is 10.8 Å². The minimum atomic E-state index is -0.606. The van der Waals surface area contributed by atoms with E-state index in [2.05, 4.69) is 10.8 Å². The van der Waals surface area contributed by atoms with Crippen molar-refractivity contribution in [2.45, 2.75) is 38.5 Å². The summed E-state index contributed by atoms with van der Waals surface area (Å²) in [6, 6.07) is 9.33. The quantitative estimate of drug-likeness (QED) is 0.346. The van der Waals surface area contributed by atoms with Crippen LogP contribution in [0.15, 0.2) is 35.7 Å². The minimum absolute atomic E-state index is 0.0115. The Morgan fingerprint density at radius 3 is 2.26 bits per heavy atom. The van der Waals surface area contributed by atoms with Gasteiger partial charge in [0.25, 0.3) is 5.91 Å². The molecule has 9 heteroatoms. The van der Waals surface area contributed by atoms with Crippen LogP contribution in [0.1, 0.15) is 48.2 Å². The Bertz CT molecular complexity index is 817. The number of benzene rings is 1. The average molecular weight is 425 g/mol. The van der Waals surface area contributed by atoms with Gasteiger partial charge in [-0.3, -0.25) is 9.59 Å². The molecule has 0 aliphatic rings. The minimum Gasteiger partial charge on any atom is -0.334 e. The van der Waals surface area contributed by atoms with Crippen molar-refractivity contribution in [2.75, 3.05) is 5.32 Å². The van der Waals surface area contributed by atoms with E-state index in [1.54, 1.807) is 5.38 Å². The highest BCUT2D eigenvalue weighted by molar-refractivity contribution is 7.76. The predicted molar refractivity (Wildman–Crippen MR) is 109 cm³/mol. The molecule has 2 rings (SSSR count). The number of para-hydroxylation sites is 1. The Morgan fingerprint density at radius 2 is 1.63 bits per heavy atom. The largest absolute Gasteiger partial charge is 0.373 e. The molecule has 0 unspecified atom stereocenters. The molecule has 2 aromatic rings. The SMILES string of the molecule is O=C(CCCCCCC(=O)Nc1ccccc1)NOC(=O)c1csc(=S)s1. The number of nitrogens with one attached hydrogen (secondary N) is 2. The van der Waals surface area contributed by atoms with Crippen LogP contribution in [-0.2, 0) is 14.4 Å². The fourth-order valence-electron chi connectivity index (χ4n) is 2.20. The number of anilines is 1. The van der Waals surface area contributed by atoms with Gasteiger partial charge < -0.3 is 10.2 Å². The molecule has 0 spiro atoms. The lowest BCUT2D eigenvalue weighted by Gasteiger charge is -2.06. The van der Waals surface area contributed by atoms with Crippen molar-refractivity contribution in [2.24, 2.45) is 0 Å². The summed E-state index contributed by atoms with van der Waals surface area (Å²) < 4.78 is 0.630. The number of hydrogen-bond donors (Lipinski definition) is 2. The fourth-order valence-corrected chi connectivity index (χ4v) is 4.16. The maximum Gasteiger partial charge on any atom is 0.373 e.